The quantitative estimate of drug-likeness (QED) is 0.787. The van der Waals surface area contributed by atoms with Gasteiger partial charge in [-0.2, -0.15) is 0 Å². The van der Waals surface area contributed by atoms with E-state index in [1.54, 1.807) is 13.4 Å². The van der Waals surface area contributed by atoms with E-state index in [9.17, 15) is 4.79 Å². The lowest BCUT2D eigenvalue weighted by atomic mass is 10.0. The summed E-state index contributed by atoms with van der Waals surface area (Å²) in [7, 11) is 1.63. The molecule has 0 bridgehead atoms. The first kappa shape index (κ1) is 21.3. The van der Waals surface area contributed by atoms with Crippen LogP contribution in [-0.4, -0.2) is 47.6 Å². The van der Waals surface area contributed by atoms with Crippen LogP contribution < -0.4 is 14.8 Å². The van der Waals surface area contributed by atoms with Crippen LogP contribution in [0.25, 0.3) is 0 Å². The number of rotatable bonds is 2. The topological polar surface area (TPSA) is 79.5 Å². The molecule has 27 heavy (non-hydrogen) atoms. The van der Waals surface area contributed by atoms with E-state index in [4.69, 9.17) is 9.47 Å². The first-order valence-electron chi connectivity index (χ1n) is 8.61. The summed E-state index contributed by atoms with van der Waals surface area (Å²) < 4.78 is 11.3. The molecule has 0 fully saturated rings. The van der Waals surface area contributed by atoms with Gasteiger partial charge in [-0.1, -0.05) is 12.1 Å². The first-order chi connectivity index (χ1) is 12.3. The summed E-state index contributed by atoms with van der Waals surface area (Å²) in [6.45, 7) is 2.49. The summed E-state index contributed by atoms with van der Waals surface area (Å²) >= 11 is 0. The van der Waals surface area contributed by atoms with Crippen LogP contribution >= 0.6 is 24.8 Å². The third-order valence-corrected chi connectivity index (χ3v) is 4.77. The zero-order valence-corrected chi connectivity index (χ0v) is 16.7. The SMILES string of the molecule is COc1cccc2c1OCCCN(C(=O)C1NCCc3[nH]cnc31)C2.Cl.Cl. The molecule has 9 heteroatoms. The van der Waals surface area contributed by atoms with E-state index in [0.29, 0.717) is 25.4 Å². The molecule has 0 saturated heterocycles. The van der Waals surface area contributed by atoms with Gasteiger partial charge in [0.25, 0.3) is 0 Å². The Morgan fingerprint density at radius 1 is 1.37 bits per heavy atom. The van der Waals surface area contributed by atoms with Crippen molar-refractivity contribution in [2.24, 2.45) is 0 Å². The minimum atomic E-state index is -0.385. The van der Waals surface area contributed by atoms with Gasteiger partial charge in [-0.25, -0.2) is 4.98 Å². The minimum Gasteiger partial charge on any atom is -0.493 e. The Bertz CT molecular complexity index is 784. The van der Waals surface area contributed by atoms with Crippen LogP contribution in [-0.2, 0) is 17.8 Å². The molecule has 0 spiro atoms. The summed E-state index contributed by atoms with van der Waals surface area (Å²) in [5, 5.41) is 3.31. The Morgan fingerprint density at radius 3 is 3.04 bits per heavy atom. The van der Waals surface area contributed by atoms with Gasteiger partial charge in [-0.05, 0) is 12.5 Å². The molecule has 1 amide bonds. The van der Waals surface area contributed by atoms with Crippen LogP contribution in [0.3, 0.4) is 0 Å². The highest BCUT2D eigenvalue weighted by molar-refractivity contribution is 5.85. The lowest BCUT2D eigenvalue weighted by molar-refractivity contribution is -0.134. The molecule has 2 N–H and O–H groups in total. The number of methoxy groups -OCH3 is 1. The fourth-order valence-electron chi connectivity index (χ4n) is 3.52. The first-order valence-corrected chi connectivity index (χ1v) is 8.61. The number of ether oxygens (including phenoxy) is 2. The van der Waals surface area contributed by atoms with Crippen LogP contribution in [0.4, 0.5) is 0 Å². The molecule has 2 aliphatic heterocycles. The van der Waals surface area contributed by atoms with E-state index in [1.165, 1.54) is 0 Å². The highest BCUT2D eigenvalue weighted by Gasteiger charge is 2.32. The number of halogens is 2. The highest BCUT2D eigenvalue weighted by Crippen LogP contribution is 2.34. The van der Waals surface area contributed by atoms with Crippen molar-refractivity contribution in [3.63, 3.8) is 0 Å². The van der Waals surface area contributed by atoms with Crippen molar-refractivity contribution in [3.8, 4) is 11.5 Å². The molecule has 3 heterocycles. The summed E-state index contributed by atoms with van der Waals surface area (Å²) in [6.07, 6.45) is 3.32. The van der Waals surface area contributed by atoms with Crippen LogP contribution in [0, 0.1) is 0 Å². The molecule has 2 aliphatic rings. The number of fused-ring (bicyclic) bond motifs is 2. The third-order valence-electron chi connectivity index (χ3n) is 4.77. The van der Waals surface area contributed by atoms with Gasteiger partial charge in [0.15, 0.2) is 11.5 Å². The summed E-state index contributed by atoms with van der Waals surface area (Å²) in [5.74, 6) is 1.50. The number of para-hydroxylation sites is 1. The highest BCUT2D eigenvalue weighted by atomic mass is 35.5. The molecule has 7 nitrogen and oxygen atoms in total. The number of nitrogens with zero attached hydrogens (tertiary/aromatic N) is 2. The van der Waals surface area contributed by atoms with Crippen molar-refractivity contribution >= 4 is 30.7 Å². The molecule has 1 aromatic carbocycles. The van der Waals surface area contributed by atoms with Crippen molar-refractivity contribution in [1.82, 2.24) is 20.2 Å². The number of imidazole rings is 1. The predicted molar refractivity (Wildman–Crippen MR) is 106 cm³/mol. The van der Waals surface area contributed by atoms with Gasteiger partial charge < -0.3 is 24.7 Å². The molecule has 4 rings (SSSR count). The number of carbonyl (C=O) groups excluding carboxylic acids is 1. The smallest absolute Gasteiger partial charge is 0.246 e. The van der Waals surface area contributed by atoms with Crippen molar-refractivity contribution in [2.75, 3.05) is 26.8 Å². The zero-order valence-electron chi connectivity index (χ0n) is 15.1. The van der Waals surface area contributed by atoms with Gasteiger partial charge in [0.2, 0.25) is 5.91 Å². The fraction of sp³-hybridized carbons (Fsp3) is 0.444. The second-order valence-corrected chi connectivity index (χ2v) is 6.31. The van der Waals surface area contributed by atoms with Gasteiger partial charge in [-0.3, -0.25) is 4.79 Å². The molecule has 0 radical (unpaired) electrons. The number of aromatic nitrogens is 2. The molecule has 1 atom stereocenters. The maximum Gasteiger partial charge on any atom is 0.246 e. The van der Waals surface area contributed by atoms with E-state index in [-0.39, 0.29) is 36.8 Å². The number of amides is 1. The average molecular weight is 415 g/mol. The van der Waals surface area contributed by atoms with E-state index in [0.717, 1.165) is 42.1 Å². The third kappa shape index (κ3) is 4.15. The number of nitrogens with one attached hydrogen (secondary N) is 2. The zero-order chi connectivity index (χ0) is 17.2. The van der Waals surface area contributed by atoms with Crippen molar-refractivity contribution in [1.29, 1.82) is 0 Å². The maximum atomic E-state index is 13.2. The number of hydrogen-bond acceptors (Lipinski definition) is 5. The van der Waals surface area contributed by atoms with Gasteiger partial charge in [0.1, 0.15) is 6.04 Å². The van der Waals surface area contributed by atoms with E-state index >= 15 is 0 Å². The van der Waals surface area contributed by atoms with Gasteiger partial charge in [-0.15, -0.1) is 24.8 Å². The van der Waals surface area contributed by atoms with Crippen LogP contribution in [0.5, 0.6) is 11.5 Å². The van der Waals surface area contributed by atoms with Gasteiger partial charge in [0.05, 0.1) is 25.7 Å². The summed E-state index contributed by atoms with van der Waals surface area (Å²) in [5.41, 5.74) is 2.83. The molecular weight excluding hydrogens is 391 g/mol. The van der Waals surface area contributed by atoms with Crippen molar-refractivity contribution in [3.05, 3.63) is 41.5 Å². The molecule has 148 valence electrons. The Kier molecular flexibility index (Phi) is 7.35. The fourth-order valence-corrected chi connectivity index (χ4v) is 3.52. The molecule has 2 aromatic rings. The van der Waals surface area contributed by atoms with Gasteiger partial charge >= 0.3 is 0 Å². The summed E-state index contributed by atoms with van der Waals surface area (Å²) in [6, 6.07) is 5.41. The van der Waals surface area contributed by atoms with Crippen LogP contribution in [0.1, 0.15) is 29.4 Å². The molecule has 1 aromatic heterocycles. The number of H-pyrrole nitrogens is 1. The second kappa shape index (κ2) is 9.30. The van der Waals surface area contributed by atoms with Crippen LogP contribution in [0.2, 0.25) is 0 Å². The number of hydrogen-bond donors (Lipinski definition) is 2. The van der Waals surface area contributed by atoms with Gasteiger partial charge in [0, 0.05) is 37.3 Å². The Balaban J connectivity index is 0.00000131. The largest absolute Gasteiger partial charge is 0.493 e. The van der Waals surface area contributed by atoms with Crippen molar-refractivity contribution < 1.29 is 14.3 Å². The minimum absolute atomic E-state index is 0. The number of carbonyl (C=O) groups is 1. The second-order valence-electron chi connectivity index (χ2n) is 6.31. The standard InChI is InChI=1S/C18H22N4O3.2ClH/c1-24-14-5-2-4-12-10-22(8-3-9-25-17(12)14)18(23)16-15-13(6-7-19-16)20-11-21-15;;/h2,4-5,11,16,19H,3,6-10H2,1H3,(H,20,21);2*1H. The van der Waals surface area contributed by atoms with E-state index in [2.05, 4.69) is 15.3 Å². The predicted octanol–water partition coefficient (Wildman–Crippen LogP) is 2.26. The van der Waals surface area contributed by atoms with Crippen molar-refractivity contribution in [2.45, 2.75) is 25.4 Å². The monoisotopic (exact) mass is 414 g/mol. The molecular formula is C18H24Cl2N4O3. The normalized spacial score (nSPS) is 18.4. The Morgan fingerprint density at radius 2 is 2.22 bits per heavy atom. The Hall–Kier alpha value is -1.96. The molecule has 0 aliphatic carbocycles. The lowest BCUT2D eigenvalue weighted by Crippen LogP contribution is -2.44. The summed E-state index contributed by atoms with van der Waals surface area (Å²) in [4.78, 5) is 22.6. The molecule has 0 saturated carbocycles. The van der Waals surface area contributed by atoms with E-state index in [1.807, 2.05) is 23.1 Å². The lowest BCUT2D eigenvalue weighted by Gasteiger charge is -2.31. The number of aromatic amines is 1. The number of benzene rings is 1. The maximum absolute atomic E-state index is 13.2. The van der Waals surface area contributed by atoms with E-state index < -0.39 is 0 Å². The van der Waals surface area contributed by atoms with Crippen LogP contribution in [0.15, 0.2) is 24.5 Å². The Labute approximate surface area is 170 Å². The molecule has 1 unspecified atom stereocenters. The average Bonchev–Trinajstić information content (AvgIpc) is 3.10.